The Kier molecular flexibility index (Phi) is 4.40. The van der Waals surface area contributed by atoms with Gasteiger partial charge in [-0.3, -0.25) is 4.99 Å². The third-order valence-corrected chi connectivity index (χ3v) is 4.06. The predicted octanol–water partition coefficient (Wildman–Crippen LogP) is 2.61. The second-order valence-corrected chi connectivity index (χ2v) is 5.45. The van der Waals surface area contributed by atoms with Crippen LogP contribution in [-0.2, 0) is 0 Å². The summed E-state index contributed by atoms with van der Waals surface area (Å²) in [6.07, 6.45) is 5.89. The van der Waals surface area contributed by atoms with Crippen LogP contribution in [0.25, 0.3) is 0 Å². The van der Waals surface area contributed by atoms with Crippen molar-refractivity contribution in [2.75, 3.05) is 19.6 Å². The van der Waals surface area contributed by atoms with Crippen LogP contribution >= 0.6 is 0 Å². The molecule has 1 heterocycles. The maximum Gasteiger partial charge on any atom is 0.252 e. The molecule has 0 aromatic heterocycles. The molecule has 0 radical (unpaired) electrons. The summed E-state index contributed by atoms with van der Waals surface area (Å²) in [4.78, 5) is 6.25. The summed E-state index contributed by atoms with van der Waals surface area (Å²) in [5.74, 6) is -2.69. The summed E-state index contributed by atoms with van der Waals surface area (Å²) in [7, 11) is 0. The fraction of sp³-hybridized carbons (Fsp3) is 0.923. The Hall–Kier alpha value is -0.870. The lowest BCUT2D eigenvalue weighted by molar-refractivity contribution is -0.0330. The molecule has 0 aromatic rings. The van der Waals surface area contributed by atoms with Gasteiger partial charge in [0.2, 0.25) is 0 Å². The number of alkyl halides is 2. The maximum absolute atomic E-state index is 13.4. The van der Waals surface area contributed by atoms with Crippen LogP contribution in [0.4, 0.5) is 8.78 Å². The fourth-order valence-corrected chi connectivity index (χ4v) is 2.83. The van der Waals surface area contributed by atoms with Crippen LogP contribution < -0.4 is 5.73 Å². The summed E-state index contributed by atoms with van der Waals surface area (Å²) in [6, 6.07) is 0. The molecule has 1 saturated heterocycles. The molecule has 0 spiro atoms. The number of aliphatic imine (C=N–C) groups is 1. The Bertz CT molecular complexity index is 297. The summed E-state index contributed by atoms with van der Waals surface area (Å²) in [5.41, 5.74) is 5.92. The number of rotatable bonds is 2. The Morgan fingerprint density at radius 1 is 1.17 bits per heavy atom. The first-order valence-electron chi connectivity index (χ1n) is 7.02. The highest BCUT2D eigenvalue weighted by Crippen LogP contribution is 2.40. The highest BCUT2D eigenvalue weighted by atomic mass is 19.3. The zero-order valence-corrected chi connectivity index (χ0v) is 10.9. The van der Waals surface area contributed by atoms with Crippen molar-refractivity contribution in [3.05, 3.63) is 0 Å². The van der Waals surface area contributed by atoms with Crippen LogP contribution in [0.2, 0.25) is 0 Å². The van der Waals surface area contributed by atoms with Crippen molar-refractivity contribution in [2.24, 2.45) is 16.6 Å². The standard InChI is InChI=1S/C13H23F2N3/c14-13(15)7-5-6-11(13)10-17-12(16)18-8-3-1-2-4-9-18/h11H,1-10H2,(H2,16,17). The van der Waals surface area contributed by atoms with Gasteiger partial charge in [-0.1, -0.05) is 12.8 Å². The van der Waals surface area contributed by atoms with Gasteiger partial charge in [0.25, 0.3) is 5.92 Å². The highest BCUT2D eigenvalue weighted by molar-refractivity contribution is 5.78. The van der Waals surface area contributed by atoms with E-state index in [0.29, 0.717) is 18.8 Å². The Labute approximate surface area is 107 Å². The summed E-state index contributed by atoms with van der Waals surface area (Å²) >= 11 is 0. The molecule has 1 aliphatic heterocycles. The zero-order valence-electron chi connectivity index (χ0n) is 10.9. The van der Waals surface area contributed by atoms with Gasteiger partial charge in [-0.15, -0.1) is 0 Å². The molecule has 0 amide bonds. The van der Waals surface area contributed by atoms with Crippen molar-refractivity contribution in [2.45, 2.75) is 50.9 Å². The average Bonchev–Trinajstić information content (AvgIpc) is 2.58. The molecule has 104 valence electrons. The number of hydrogen-bond acceptors (Lipinski definition) is 1. The van der Waals surface area contributed by atoms with Gasteiger partial charge in [0.1, 0.15) is 0 Å². The van der Waals surface area contributed by atoms with Gasteiger partial charge in [-0.05, 0) is 25.7 Å². The number of nitrogens with zero attached hydrogens (tertiary/aromatic N) is 2. The minimum absolute atomic E-state index is 0.0107. The summed E-state index contributed by atoms with van der Waals surface area (Å²) in [5, 5.41) is 0. The molecule has 3 nitrogen and oxygen atoms in total. The first-order chi connectivity index (χ1) is 8.59. The van der Waals surface area contributed by atoms with Gasteiger partial charge in [-0.25, -0.2) is 8.78 Å². The van der Waals surface area contributed by atoms with Crippen LogP contribution in [0.15, 0.2) is 4.99 Å². The van der Waals surface area contributed by atoms with Gasteiger partial charge in [0.05, 0.1) is 6.54 Å². The lowest BCUT2D eigenvalue weighted by Crippen LogP contribution is -2.38. The van der Waals surface area contributed by atoms with Crippen molar-refractivity contribution in [1.29, 1.82) is 0 Å². The van der Waals surface area contributed by atoms with E-state index >= 15 is 0 Å². The molecular formula is C13H23F2N3. The van der Waals surface area contributed by atoms with E-state index in [1.807, 2.05) is 4.90 Å². The SMILES string of the molecule is NC(=NCC1CCCC1(F)F)N1CCCCCC1. The molecule has 2 rings (SSSR count). The highest BCUT2D eigenvalue weighted by Gasteiger charge is 2.43. The van der Waals surface area contributed by atoms with E-state index in [2.05, 4.69) is 4.99 Å². The third-order valence-electron chi connectivity index (χ3n) is 4.06. The number of likely N-dealkylation sites (tertiary alicyclic amines) is 1. The average molecular weight is 259 g/mol. The van der Waals surface area contributed by atoms with Crippen molar-refractivity contribution in [1.82, 2.24) is 4.90 Å². The quantitative estimate of drug-likeness (QED) is 0.612. The lowest BCUT2D eigenvalue weighted by atomic mass is 10.1. The summed E-state index contributed by atoms with van der Waals surface area (Å²) < 4.78 is 26.9. The molecule has 1 saturated carbocycles. The van der Waals surface area contributed by atoms with E-state index in [1.54, 1.807) is 0 Å². The van der Waals surface area contributed by atoms with Gasteiger partial charge in [0, 0.05) is 25.4 Å². The van der Waals surface area contributed by atoms with Crippen molar-refractivity contribution >= 4 is 5.96 Å². The van der Waals surface area contributed by atoms with Crippen molar-refractivity contribution in [3.63, 3.8) is 0 Å². The topological polar surface area (TPSA) is 41.6 Å². The minimum atomic E-state index is -2.54. The molecule has 0 aromatic carbocycles. The normalized spacial score (nSPS) is 29.3. The van der Waals surface area contributed by atoms with Crippen LogP contribution in [-0.4, -0.2) is 36.4 Å². The fourth-order valence-electron chi connectivity index (χ4n) is 2.83. The van der Waals surface area contributed by atoms with Crippen LogP contribution in [0, 0.1) is 5.92 Å². The van der Waals surface area contributed by atoms with E-state index in [9.17, 15) is 8.78 Å². The number of halogens is 2. The van der Waals surface area contributed by atoms with Gasteiger partial charge >= 0.3 is 0 Å². The molecule has 2 N–H and O–H groups in total. The molecule has 1 aliphatic carbocycles. The van der Waals surface area contributed by atoms with Crippen molar-refractivity contribution in [3.8, 4) is 0 Å². The maximum atomic E-state index is 13.4. The monoisotopic (exact) mass is 259 g/mol. The van der Waals surface area contributed by atoms with Crippen LogP contribution in [0.1, 0.15) is 44.9 Å². The molecule has 1 unspecified atom stereocenters. The van der Waals surface area contributed by atoms with E-state index in [1.165, 1.54) is 12.8 Å². The van der Waals surface area contributed by atoms with Gasteiger partial charge in [0.15, 0.2) is 5.96 Å². The lowest BCUT2D eigenvalue weighted by Gasteiger charge is -2.22. The first kappa shape index (κ1) is 13.6. The van der Waals surface area contributed by atoms with E-state index in [0.717, 1.165) is 25.9 Å². The smallest absolute Gasteiger partial charge is 0.252 e. The number of guanidine groups is 1. The Balaban J connectivity index is 1.87. The van der Waals surface area contributed by atoms with Crippen LogP contribution in [0.5, 0.6) is 0 Å². The molecular weight excluding hydrogens is 236 g/mol. The summed E-state index contributed by atoms with van der Waals surface area (Å²) in [6.45, 7) is 2.00. The van der Waals surface area contributed by atoms with Gasteiger partial charge < -0.3 is 10.6 Å². The van der Waals surface area contributed by atoms with E-state index < -0.39 is 11.8 Å². The predicted molar refractivity (Wildman–Crippen MR) is 68.8 cm³/mol. The molecule has 2 fully saturated rings. The third kappa shape index (κ3) is 3.33. The molecule has 0 bridgehead atoms. The molecule has 5 heteroatoms. The van der Waals surface area contributed by atoms with Gasteiger partial charge in [-0.2, -0.15) is 0 Å². The molecule has 2 aliphatic rings. The number of hydrogen-bond donors (Lipinski definition) is 1. The van der Waals surface area contributed by atoms with E-state index in [-0.39, 0.29) is 13.0 Å². The molecule has 18 heavy (non-hydrogen) atoms. The second kappa shape index (κ2) is 5.85. The van der Waals surface area contributed by atoms with Crippen LogP contribution in [0.3, 0.4) is 0 Å². The molecule has 1 atom stereocenters. The first-order valence-corrected chi connectivity index (χ1v) is 7.02. The Morgan fingerprint density at radius 3 is 2.39 bits per heavy atom. The van der Waals surface area contributed by atoms with E-state index in [4.69, 9.17) is 5.73 Å². The second-order valence-electron chi connectivity index (χ2n) is 5.45. The Morgan fingerprint density at radius 2 is 1.83 bits per heavy atom. The minimum Gasteiger partial charge on any atom is -0.370 e. The van der Waals surface area contributed by atoms with Crippen molar-refractivity contribution < 1.29 is 8.78 Å². The largest absolute Gasteiger partial charge is 0.370 e. The number of nitrogens with two attached hydrogens (primary N) is 1. The zero-order chi connectivity index (χ0) is 13.0.